The molecule has 0 aliphatic carbocycles. The van der Waals surface area contributed by atoms with Gasteiger partial charge in [0.05, 0.1) is 18.1 Å². The number of hydrogen-bond donors (Lipinski definition) is 1. The summed E-state index contributed by atoms with van der Waals surface area (Å²) in [5.74, 6) is -0.747. The Labute approximate surface area is 132 Å². The van der Waals surface area contributed by atoms with Gasteiger partial charge in [-0.25, -0.2) is 4.39 Å². The van der Waals surface area contributed by atoms with E-state index in [1.54, 1.807) is 19.1 Å². The van der Waals surface area contributed by atoms with E-state index in [9.17, 15) is 19.3 Å². The topological polar surface area (TPSA) is 81.5 Å². The lowest BCUT2D eigenvalue weighted by atomic mass is 10.1. The lowest BCUT2D eigenvalue weighted by molar-refractivity contribution is -0.385. The first-order valence-corrected chi connectivity index (χ1v) is 6.81. The molecule has 2 rings (SSSR count). The fourth-order valence-electron chi connectivity index (χ4n) is 2.09. The zero-order valence-corrected chi connectivity index (χ0v) is 12.6. The van der Waals surface area contributed by atoms with Crippen LogP contribution in [-0.4, -0.2) is 17.9 Å². The molecule has 1 atom stereocenters. The molecule has 0 aromatic heterocycles. The van der Waals surface area contributed by atoms with E-state index in [1.807, 2.05) is 0 Å². The maximum atomic E-state index is 12.9. The van der Waals surface area contributed by atoms with Crippen molar-refractivity contribution in [2.24, 2.45) is 0 Å². The number of nitrogens with one attached hydrogen (secondary N) is 1. The summed E-state index contributed by atoms with van der Waals surface area (Å²) in [6, 6.07) is 9.34. The van der Waals surface area contributed by atoms with Gasteiger partial charge >= 0.3 is 5.69 Å². The van der Waals surface area contributed by atoms with Crippen LogP contribution in [0.4, 0.5) is 10.1 Å². The number of nitrogens with zero attached hydrogens (tertiary/aromatic N) is 1. The Bertz CT molecular complexity index is 731. The average Bonchev–Trinajstić information content (AvgIpc) is 2.54. The molecule has 120 valence electrons. The van der Waals surface area contributed by atoms with Gasteiger partial charge in [0.2, 0.25) is 0 Å². The quantitative estimate of drug-likeness (QED) is 0.678. The molecule has 0 radical (unpaired) electrons. The van der Waals surface area contributed by atoms with Crippen molar-refractivity contribution in [1.82, 2.24) is 5.32 Å². The van der Waals surface area contributed by atoms with Gasteiger partial charge in [0.15, 0.2) is 5.75 Å². The molecule has 0 unspecified atom stereocenters. The summed E-state index contributed by atoms with van der Waals surface area (Å²) in [6.07, 6.45) is 0. The summed E-state index contributed by atoms with van der Waals surface area (Å²) in [5.41, 5.74) is 0.587. The molecular weight excluding hydrogens is 303 g/mol. The minimum Gasteiger partial charge on any atom is -0.490 e. The van der Waals surface area contributed by atoms with E-state index in [2.05, 4.69) is 5.32 Å². The molecule has 0 aliphatic heterocycles. The number of benzene rings is 2. The summed E-state index contributed by atoms with van der Waals surface area (Å²) in [4.78, 5) is 22.6. The molecule has 6 nitrogen and oxygen atoms in total. The second-order valence-electron chi connectivity index (χ2n) is 4.89. The average molecular weight is 318 g/mol. The zero-order valence-electron chi connectivity index (χ0n) is 12.6. The van der Waals surface area contributed by atoms with Crippen molar-refractivity contribution in [3.63, 3.8) is 0 Å². The van der Waals surface area contributed by atoms with Crippen LogP contribution in [0.2, 0.25) is 0 Å². The smallest absolute Gasteiger partial charge is 0.311 e. The van der Waals surface area contributed by atoms with Crippen LogP contribution < -0.4 is 10.1 Å². The normalized spacial score (nSPS) is 11.6. The number of hydrogen-bond acceptors (Lipinski definition) is 4. The van der Waals surface area contributed by atoms with Crippen LogP contribution in [-0.2, 0) is 0 Å². The van der Waals surface area contributed by atoms with Crippen LogP contribution in [0, 0.1) is 15.9 Å². The van der Waals surface area contributed by atoms with Crippen molar-refractivity contribution < 1.29 is 18.8 Å². The third-order valence-electron chi connectivity index (χ3n) is 3.36. The Morgan fingerprint density at radius 1 is 1.26 bits per heavy atom. The first kappa shape index (κ1) is 16.4. The highest BCUT2D eigenvalue weighted by atomic mass is 19.1. The fraction of sp³-hybridized carbons (Fsp3) is 0.188. The molecule has 0 heterocycles. The summed E-state index contributed by atoms with van der Waals surface area (Å²) in [7, 11) is 1.32. The second-order valence-corrected chi connectivity index (χ2v) is 4.89. The molecule has 2 aromatic rings. The van der Waals surface area contributed by atoms with Gasteiger partial charge in [-0.05, 0) is 36.8 Å². The Morgan fingerprint density at radius 3 is 2.48 bits per heavy atom. The number of nitro benzene ring substituents is 1. The van der Waals surface area contributed by atoms with Crippen LogP contribution in [0.5, 0.6) is 5.75 Å². The molecule has 7 heteroatoms. The highest BCUT2D eigenvalue weighted by molar-refractivity contribution is 5.95. The van der Waals surface area contributed by atoms with Gasteiger partial charge in [-0.1, -0.05) is 12.1 Å². The summed E-state index contributed by atoms with van der Waals surface area (Å²) < 4.78 is 17.8. The highest BCUT2D eigenvalue weighted by Gasteiger charge is 2.19. The van der Waals surface area contributed by atoms with E-state index in [4.69, 9.17) is 4.74 Å². The lowest BCUT2D eigenvalue weighted by Gasteiger charge is -2.14. The molecule has 0 spiro atoms. The number of carbonyl (C=O) groups is 1. The van der Waals surface area contributed by atoms with Crippen LogP contribution in [0.25, 0.3) is 0 Å². The monoisotopic (exact) mass is 318 g/mol. The lowest BCUT2D eigenvalue weighted by Crippen LogP contribution is -2.26. The summed E-state index contributed by atoms with van der Waals surface area (Å²) in [6.45, 7) is 1.74. The Morgan fingerprint density at radius 2 is 1.91 bits per heavy atom. The van der Waals surface area contributed by atoms with E-state index in [-0.39, 0.29) is 28.9 Å². The van der Waals surface area contributed by atoms with Crippen molar-refractivity contribution in [3.8, 4) is 5.75 Å². The third kappa shape index (κ3) is 3.82. The molecule has 0 fully saturated rings. The molecule has 1 N–H and O–H groups in total. The van der Waals surface area contributed by atoms with Crippen LogP contribution in [0.15, 0.2) is 42.5 Å². The number of methoxy groups -OCH3 is 1. The number of rotatable bonds is 5. The minimum absolute atomic E-state index is 0.0816. The van der Waals surface area contributed by atoms with E-state index < -0.39 is 10.8 Å². The van der Waals surface area contributed by atoms with Crippen molar-refractivity contribution in [1.29, 1.82) is 0 Å². The molecule has 23 heavy (non-hydrogen) atoms. The van der Waals surface area contributed by atoms with Gasteiger partial charge in [0.25, 0.3) is 5.91 Å². The maximum absolute atomic E-state index is 12.9. The van der Waals surface area contributed by atoms with Crippen molar-refractivity contribution >= 4 is 11.6 Å². The summed E-state index contributed by atoms with van der Waals surface area (Å²) in [5, 5.41) is 13.7. The Balaban J connectivity index is 2.18. The minimum atomic E-state index is -0.612. The predicted octanol–water partition coefficient (Wildman–Crippen LogP) is 3.23. The predicted molar refractivity (Wildman–Crippen MR) is 81.9 cm³/mol. The van der Waals surface area contributed by atoms with E-state index in [1.165, 1.54) is 31.4 Å². The molecule has 0 aliphatic rings. The van der Waals surface area contributed by atoms with Crippen molar-refractivity contribution in [2.75, 3.05) is 7.11 Å². The Kier molecular flexibility index (Phi) is 4.90. The standard InChI is InChI=1S/C16H15FN2O4/c1-10(11-3-6-13(17)7-4-11)18-16(20)12-5-8-15(23-2)14(9-12)19(21)22/h3-10H,1-2H3,(H,18,20)/t10-/m0/s1. The number of halogens is 1. The zero-order chi connectivity index (χ0) is 17.0. The molecular formula is C16H15FN2O4. The van der Waals surface area contributed by atoms with Crippen molar-refractivity contribution in [2.45, 2.75) is 13.0 Å². The maximum Gasteiger partial charge on any atom is 0.311 e. The van der Waals surface area contributed by atoms with Crippen LogP contribution >= 0.6 is 0 Å². The largest absolute Gasteiger partial charge is 0.490 e. The van der Waals surface area contributed by atoms with Crippen LogP contribution in [0.1, 0.15) is 28.9 Å². The number of amides is 1. The molecule has 0 bridgehead atoms. The number of ether oxygens (including phenoxy) is 1. The first-order chi connectivity index (χ1) is 10.9. The molecule has 1 amide bonds. The SMILES string of the molecule is COc1ccc(C(=O)N[C@@H](C)c2ccc(F)cc2)cc1[N+](=O)[O-]. The summed E-state index contributed by atoms with van der Waals surface area (Å²) >= 11 is 0. The fourth-order valence-corrected chi connectivity index (χ4v) is 2.09. The van der Waals surface area contributed by atoms with Gasteiger partial charge in [-0.2, -0.15) is 0 Å². The Hall–Kier alpha value is -2.96. The molecule has 2 aromatic carbocycles. The van der Waals surface area contributed by atoms with E-state index in [0.29, 0.717) is 0 Å². The first-order valence-electron chi connectivity index (χ1n) is 6.81. The third-order valence-corrected chi connectivity index (χ3v) is 3.36. The molecule has 0 saturated carbocycles. The van der Waals surface area contributed by atoms with E-state index >= 15 is 0 Å². The number of carbonyl (C=O) groups excluding carboxylic acids is 1. The second kappa shape index (κ2) is 6.87. The van der Waals surface area contributed by atoms with Gasteiger partial charge in [0.1, 0.15) is 5.82 Å². The van der Waals surface area contributed by atoms with Gasteiger partial charge in [-0.3, -0.25) is 14.9 Å². The van der Waals surface area contributed by atoms with E-state index in [0.717, 1.165) is 11.6 Å². The van der Waals surface area contributed by atoms with Gasteiger partial charge < -0.3 is 10.1 Å². The number of nitro groups is 1. The van der Waals surface area contributed by atoms with Crippen LogP contribution in [0.3, 0.4) is 0 Å². The van der Waals surface area contributed by atoms with Gasteiger partial charge in [-0.15, -0.1) is 0 Å². The molecule has 0 saturated heterocycles. The van der Waals surface area contributed by atoms with Gasteiger partial charge in [0, 0.05) is 11.6 Å². The van der Waals surface area contributed by atoms with Crippen molar-refractivity contribution in [3.05, 3.63) is 69.5 Å². The highest BCUT2D eigenvalue weighted by Crippen LogP contribution is 2.27.